The molecule has 0 saturated carbocycles. The number of aromatic nitrogens is 3. The van der Waals surface area contributed by atoms with E-state index in [1.165, 1.54) is 12.3 Å². The second-order valence-electron chi connectivity index (χ2n) is 4.47. The standard InChI is InChI=1S/C15H12N4O2/c20-15(21)10-5-6-16-11(7-10)8-17-14-9-18-19-13-4-2-1-3-12(13)14/h1-7,9H,8H2,(H,17,19)(H,20,21). The molecule has 3 rings (SSSR count). The molecule has 0 spiro atoms. The Balaban J connectivity index is 1.84. The molecule has 2 aromatic heterocycles. The summed E-state index contributed by atoms with van der Waals surface area (Å²) < 4.78 is 0. The van der Waals surface area contributed by atoms with Crippen molar-refractivity contribution in [3.63, 3.8) is 0 Å². The molecular weight excluding hydrogens is 268 g/mol. The fourth-order valence-electron chi connectivity index (χ4n) is 2.04. The Kier molecular flexibility index (Phi) is 3.42. The van der Waals surface area contributed by atoms with Crippen molar-refractivity contribution in [3.05, 3.63) is 60.0 Å². The molecule has 2 N–H and O–H groups in total. The second kappa shape index (κ2) is 5.54. The second-order valence-corrected chi connectivity index (χ2v) is 4.47. The van der Waals surface area contributed by atoms with E-state index in [1.54, 1.807) is 12.3 Å². The molecule has 0 aliphatic carbocycles. The molecule has 21 heavy (non-hydrogen) atoms. The predicted molar refractivity (Wildman–Crippen MR) is 78.1 cm³/mol. The molecule has 0 unspecified atom stereocenters. The average Bonchev–Trinajstić information content (AvgIpc) is 2.53. The monoisotopic (exact) mass is 280 g/mol. The summed E-state index contributed by atoms with van der Waals surface area (Å²) in [5, 5.41) is 21.1. The number of carbonyl (C=O) groups is 1. The minimum absolute atomic E-state index is 0.222. The van der Waals surface area contributed by atoms with Crippen LogP contribution < -0.4 is 5.32 Å². The van der Waals surface area contributed by atoms with Gasteiger partial charge in [-0.15, -0.1) is 0 Å². The lowest BCUT2D eigenvalue weighted by atomic mass is 10.2. The first kappa shape index (κ1) is 13.0. The van der Waals surface area contributed by atoms with Crippen molar-refractivity contribution in [2.24, 2.45) is 0 Å². The highest BCUT2D eigenvalue weighted by Gasteiger charge is 2.06. The van der Waals surface area contributed by atoms with Crippen LogP contribution in [0.4, 0.5) is 5.69 Å². The summed E-state index contributed by atoms with van der Waals surface area (Å²) in [6.45, 7) is 0.413. The quantitative estimate of drug-likeness (QED) is 0.762. The molecule has 0 aliphatic rings. The van der Waals surface area contributed by atoms with E-state index in [-0.39, 0.29) is 5.56 Å². The number of hydrogen-bond acceptors (Lipinski definition) is 5. The molecular formula is C15H12N4O2. The lowest BCUT2D eigenvalue weighted by Gasteiger charge is -2.08. The highest BCUT2D eigenvalue weighted by Crippen LogP contribution is 2.20. The number of nitrogens with one attached hydrogen (secondary N) is 1. The molecule has 2 heterocycles. The molecule has 0 fully saturated rings. The Hall–Kier alpha value is -3.02. The summed E-state index contributed by atoms with van der Waals surface area (Å²) in [5.41, 5.74) is 2.51. The van der Waals surface area contributed by atoms with Gasteiger partial charge in [-0.3, -0.25) is 4.98 Å². The van der Waals surface area contributed by atoms with Crippen molar-refractivity contribution in [3.8, 4) is 0 Å². The van der Waals surface area contributed by atoms with Gasteiger partial charge in [0.05, 0.1) is 35.2 Å². The highest BCUT2D eigenvalue weighted by molar-refractivity contribution is 5.90. The maximum atomic E-state index is 10.9. The van der Waals surface area contributed by atoms with Crippen molar-refractivity contribution in [2.45, 2.75) is 6.54 Å². The fraction of sp³-hybridized carbons (Fsp3) is 0.0667. The molecule has 6 nitrogen and oxygen atoms in total. The van der Waals surface area contributed by atoms with E-state index in [2.05, 4.69) is 20.5 Å². The molecule has 104 valence electrons. The van der Waals surface area contributed by atoms with Gasteiger partial charge in [-0.25, -0.2) is 4.79 Å². The third-order valence-electron chi connectivity index (χ3n) is 3.07. The fourth-order valence-corrected chi connectivity index (χ4v) is 2.04. The Morgan fingerprint density at radius 3 is 2.95 bits per heavy atom. The number of carboxylic acids is 1. The number of hydrogen-bond donors (Lipinski definition) is 2. The molecule has 0 saturated heterocycles. The van der Waals surface area contributed by atoms with Gasteiger partial charge >= 0.3 is 5.97 Å². The molecule has 0 radical (unpaired) electrons. The summed E-state index contributed by atoms with van der Waals surface area (Å²) in [4.78, 5) is 15.1. The van der Waals surface area contributed by atoms with Gasteiger partial charge in [0.1, 0.15) is 0 Å². The number of pyridine rings is 1. The first-order valence-electron chi connectivity index (χ1n) is 6.36. The lowest BCUT2D eigenvalue weighted by Crippen LogP contribution is -2.05. The van der Waals surface area contributed by atoms with Crippen LogP contribution in [0.15, 0.2) is 48.8 Å². The number of aromatic carboxylic acids is 1. The van der Waals surface area contributed by atoms with E-state index in [9.17, 15) is 4.79 Å². The Morgan fingerprint density at radius 2 is 2.10 bits per heavy atom. The molecule has 0 amide bonds. The third-order valence-corrected chi connectivity index (χ3v) is 3.07. The van der Waals surface area contributed by atoms with Crippen molar-refractivity contribution < 1.29 is 9.90 Å². The first-order chi connectivity index (χ1) is 10.2. The van der Waals surface area contributed by atoms with Gasteiger partial charge in [-0.2, -0.15) is 10.2 Å². The zero-order valence-corrected chi connectivity index (χ0v) is 11.0. The molecule has 0 bridgehead atoms. The number of anilines is 1. The van der Waals surface area contributed by atoms with E-state index in [4.69, 9.17) is 5.11 Å². The maximum Gasteiger partial charge on any atom is 0.335 e. The summed E-state index contributed by atoms with van der Waals surface area (Å²) in [6.07, 6.45) is 3.13. The van der Waals surface area contributed by atoms with Gasteiger partial charge in [0.2, 0.25) is 0 Å². The van der Waals surface area contributed by atoms with Gasteiger partial charge in [-0.1, -0.05) is 18.2 Å². The van der Waals surface area contributed by atoms with Crippen LogP contribution in [0.25, 0.3) is 10.9 Å². The predicted octanol–water partition coefficient (Wildman–Crippen LogP) is 2.34. The number of fused-ring (bicyclic) bond motifs is 1. The van der Waals surface area contributed by atoms with E-state index >= 15 is 0 Å². The molecule has 0 aliphatic heterocycles. The van der Waals surface area contributed by atoms with Gasteiger partial charge < -0.3 is 10.4 Å². The van der Waals surface area contributed by atoms with Crippen molar-refractivity contribution >= 4 is 22.6 Å². The summed E-state index contributed by atoms with van der Waals surface area (Å²) in [7, 11) is 0. The van der Waals surface area contributed by atoms with Gasteiger partial charge in [0.15, 0.2) is 0 Å². The number of nitrogens with zero attached hydrogens (tertiary/aromatic N) is 3. The lowest BCUT2D eigenvalue weighted by molar-refractivity contribution is 0.0696. The van der Waals surface area contributed by atoms with Crippen molar-refractivity contribution in [2.75, 3.05) is 5.32 Å². The van der Waals surface area contributed by atoms with Crippen molar-refractivity contribution in [1.29, 1.82) is 0 Å². The van der Waals surface area contributed by atoms with Crippen LogP contribution in [0.2, 0.25) is 0 Å². The Morgan fingerprint density at radius 1 is 1.24 bits per heavy atom. The SMILES string of the molecule is O=C(O)c1ccnc(CNc2cnnc3ccccc23)c1. The topological polar surface area (TPSA) is 88.0 Å². The average molecular weight is 280 g/mol. The number of carboxylic acid groups (broad SMARTS) is 1. The van der Waals surface area contributed by atoms with Crippen LogP contribution in [0.1, 0.15) is 16.1 Å². The van der Waals surface area contributed by atoms with E-state index in [0.29, 0.717) is 12.2 Å². The summed E-state index contributed by atoms with van der Waals surface area (Å²) in [5.74, 6) is -0.963. The molecule has 3 aromatic rings. The minimum Gasteiger partial charge on any atom is -0.478 e. The Bertz CT molecular complexity index is 799. The normalized spacial score (nSPS) is 10.5. The highest BCUT2D eigenvalue weighted by atomic mass is 16.4. The van der Waals surface area contributed by atoms with Crippen LogP contribution in [-0.2, 0) is 6.54 Å². The molecule has 0 atom stereocenters. The van der Waals surface area contributed by atoms with Crippen molar-refractivity contribution in [1.82, 2.24) is 15.2 Å². The van der Waals surface area contributed by atoms with Gasteiger partial charge in [0, 0.05) is 11.6 Å². The van der Waals surface area contributed by atoms with Crippen LogP contribution >= 0.6 is 0 Å². The molecule has 6 heteroatoms. The minimum atomic E-state index is -0.963. The largest absolute Gasteiger partial charge is 0.478 e. The zero-order chi connectivity index (χ0) is 14.7. The van der Waals surface area contributed by atoms with Crippen LogP contribution in [-0.4, -0.2) is 26.3 Å². The first-order valence-corrected chi connectivity index (χ1v) is 6.36. The van der Waals surface area contributed by atoms with E-state index < -0.39 is 5.97 Å². The smallest absolute Gasteiger partial charge is 0.335 e. The maximum absolute atomic E-state index is 10.9. The Labute approximate surface area is 120 Å². The van der Waals surface area contributed by atoms with Gasteiger partial charge in [-0.05, 0) is 18.2 Å². The summed E-state index contributed by atoms with van der Waals surface area (Å²) >= 11 is 0. The molecule has 1 aromatic carbocycles. The van der Waals surface area contributed by atoms with E-state index in [1.807, 2.05) is 24.3 Å². The van der Waals surface area contributed by atoms with Crippen LogP contribution in [0, 0.1) is 0 Å². The van der Waals surface area contributed by atoms with Crippen LogP contribution in [0.3, 0.4) is 0 Å². The van der Waals surface area contributed by atoms with Gasteiger partial charge in [0.25, 0.3) is 0 Å². The van der Waals surface area contributed by atoms with E-state index in [0.717, 1.165) is 16.6 Å². The third kappa shape index (κ3) is 2.79. The number of benzene rings is 1. The number of rotatable bonds is 4. The zero-order valence-electron chi connectivity index (χ0n) is 11.0. The van der Waals surface area contributed by atoms with Crippen LogP contribution in [0.5, 0.6) is 0 Å². The summed E-state index contributed by atoms with van der Waals surface area (Å²) in [6, 6.07) is 10.7.